The minimum absolute atomic E-state index is 0.132. The largest absolute Gasteiger partial charge is 0.305 e. The van der Waals surface area contributed by atoms with E-state index in [0.29, 0.717) is 5.41 Å². The zero-order valence-electron chi connectivity index (χ0n) is 14.5. The van der Waals surface area contributed by atoms with Gasteiger partial charge in [-0.3, -0.25) is 0 Å². The van der Waals surface area contributed by atoms with E-state index in [1.807, 2.05) is 11.3 Å². The summed E-state index contributed by atoms with van der Waals surface area (Å²) < 4.78 is 0. The van der Waals surface area contributed by atoms with E-state index in [9.17, 15) is 0 Å². The van der Waals surface area contributed by atoms with Crippen LogP contribution in [0.4, 0.5) is 0 Å². The van der Waals surface area contributed by atoms with Gasteiger partial charge in [0, 0.05) is 4.88 Å². The molecular formula is C18H32N2S. The highest BCUT2D eigenvalue weighted by molar-refractivity contribution is 7.11. The Balaban J connectivity index is 2.31. The van der Waals surface area contributed by atoms with Crippen molar-refractivity contribution in [3.63, 3.8) is 0 Å². The highest BCUT2D eigenvalue weighted by Gasteiger charge is 2.39. The third-order valence-corrected chi connectivity index (χ3v) is 6.25. The third-order valence-electron chi connectivity index (χ3n) is 5.04. The van der Waals surface area contributed by atoms with Crippen molar-refractivity contribution in [3.05, 3.63) is 15.6 Å². The van der Waals surface area contributed by atoms with E-state index >= 15 is 0 Å². The SMILES string of the molecule is CCCNC1(c2nc(CC)c(C)s2)CCCC(C)(C)CC1. The van der Waals surface area contributed by atoms with E-state index in [0.717, 1.165) is 13.0 Å². The predicted molar refractivity (Wildman–Crippen MR) is 93.1 cm³/mol. The Morgan fingerprint density at radius 1 is 1.14 bits per heavy atom. The van der Waals surface area contributed by atoms with Crippen molar-refractivity contribution < 1.29 is 0 Å². The van der Waals surface area contributed by atoms with Gasteiger partial charge < -0.3 is 5.32 Å². The summed E-state index contributed by atoms with van der Waals surface area (Å²) in [6, 6.07) is 0. The molecule has 0 aromatic carbocycles. The molecule has 21 heavy (non-hydrogen) atoms. The van der Waals surface area contributed by atoms with E-state index < -0.39 is 0 Å². The van der Waals surface area contributed by atoms with Crippen LogP contribution in [0.25, 0.3) is 0 Å². The second-order valence-electron chi connectivity index (χ2n) is 7.40. The van der Waals surface area contributed by atoms with Gasteiger partial charge in [-0.2, -0.15) is 0 Å². The number of aryl methyl sites for hydroxylation is 2. The topological polar surface area (TPSA) is 24.9 Å². The van der Waals surface area contributed by atoms with Gasteiger partial charge in [0.05, 0.1) is 11.2 Å². The quantitative estimate of drug-likeness (QED) is 0.756. The maximum absolute atomic E-state index is 5.02. The van der Waals surface area contributed by atoms with Crippen molar-refractivity contribution in [2.24, 2.45) is 5.41 Å². The maximum atomic E-state index is 5.02. The fourth-order valence-electron chi connectivity index (χ4n) is 3.46. The van der Waals surface area contributed by atoms with Gasteiger partial charge in [0.1, 0.15) is 5.01 Å². The van der Waals surface area contributed by atoms with Gasteiger partial charge in [-0.1, -0.05) is 34.1 Å². The summed E-state index contributed by atoms with van der Waals surface area (Å²) in [5.41, 5.74) is 1.92. The zero-order valence-corrected chi connectivity index (χ0v) is 15.3. The molecule has 3 heteroatoms. The molecule has 1 saturated carbocycles. The molecule has 1 atom stereocenters. The van der Waals surface area contributed by atoms with Crippen LogP contribution in [0.2, 0.25) is 0 Å². The molecular weight excluding hydrogens is 276 g/mol. The third kappa shape index (κ3) is 3.87. The van der Waals surface area contributed by atoms with Gasteiger partial charge in [0.15, 0.2) is 0 Å². The van der Waals surface area contributed by atoms with E-state index in [1.165, 1.54) is 54.1 Å². The van der Waals surface area contributed by atoms with Crippen molar-refractivity contribution in [1.82, 2.24) is 10.3 Å². The molecule has 1 aromatic heterocycles. The fourth-order valence-corrected chi connectivity index (χ4v) is 4.69. The average Bonchev–Trinajstić information content (AvgIpc) is 2.75. The molecule has 0 saturated heterocycles. The molecule has 0 spiro atoms. The minimum atomic E-state index is 0.132. The molecule has 2 nitrogen and oxygen atoms in total. The first-order valence-corrected chi connectivity index (χ1v) is 9.46. The van der Waals surface area contributed by atoms with Crippen molar-refractivity contribution >= 4 is 11.3 Å². The molecule has 0 aliphatic heterocycles. The van der Waals surface area contributed by atoms with Crippen LogP contribution in [0.3, 0.4) is 0 Å². The van der Waals surface area contributed by atoms with Crippen molar-refractivity contribution in [3.8, 4) is 0 Å². The lowest BCUT2D eigenvalue weighted by Gasteiger charge is -2.33. The Morgan fingerprint density at radius 3 is 2.52 bits per heavy atom. The Labute approximate surface area is 134 Å². The Bertz CT molecular complexity index is 464. The van der Waals surface area contributed by atoms with Crippen LogP contribution in [0.5, 0.6) is 0 Å². The van der Waals surface area contributed by atoms with Gasteiger partial charge in [-0.25, -0.2) is 4.98 Å². The molecule has 1 N–H and O–H groups in total. The Hall–Kier alpha value is -0.410. The molecule has 1 unspecified atom stereocenters. The number of thiazole rings is 1. The van der Waals surface area contributed by atoms with Crippen LogP contribution in [-0.4, -0.2) is 11.5 Å². The summed E-state index contributed by atoms with van der Waals surface area (Å²) in [4.78, 5) is 6.43. The van der Waals surface area contributed by atoms with Crippen LogP contribution in [0, 0.1) is 12.3 Å². The lowest BCUT2D eigenvalue weighted by Crippen LogP contribution is -2.42. The smallest absolute Gasteiger partial charge is 0.113 e. The monoisotopic (exact) mass is 308 g/mol. The molecule has 0 bridgehead atoms. The van der Waals surface area contributed by atoms with Crippen molar-refractivity contribution in [1.29, 1.82) is 0 Å². The first-order chi connectivity index (χ1) is 9.92. The second kappa shape index (κ2) is 6.78. The number of aromatic nitrogens is 1. The average molecular weight is 309 g/mol. The van der Waals surface area contributed by atoms with Crippen LogP contribution < -0.4 is 5.32 Å². The summed E-state index contributed by atoms with van der Waals surface area (Å²) in [6.07, 6.45) is 8.66. The molecule has 1 fully saturated rings. The summed E-state index contributed by atoms with van der Waals surface area (Å²) in [7, 11) is 0. The zero-order chi connectivity index (χ0) is 15.5. The molecule has 1 aliphatic rings. The Morgan fingerprint density at radius 2 is 1.90 bits per heavy atom. The molecule has 120 valence electrons. The lowest BCUT2D eigenvalue weighted by molar-refractivity contribution is 0.264. The van der Waals surface area contributed by atoms with Crippen LogP contribution >= 0.6 is 11.3 Å². The molecule has 2 rings (SSSR count). The molecule has 0 amide bonds. The number of hydrogen-bond acceptors (Lipinski definition) is 3. The standard InChI is InChI=1S/C18H32N2S/c1-6-13-19-18(10-8-9-17(4,5)11-12-18)16-20-15(7-2)14(3)21-16/h19H,6-13H2,1-5H3. The first kappa shape index (κ1) is 17.0. The first-order valence-electron chi connectivity index (χ1n) is 8.64. The normalized spacial score (nSPS) is 25.8. The van der Waals surface area contributed by atoms with Crippen LogP contribution in [0.15, 0.2) is 0 Å². The summed E-state index contributed by atoms with van der Waals surface area (Å²) in [5, 5.41) is 5.24. The summed E-state index contributed by atoms with van der Waals surface area (Å²) in [5.74, 6) is 0. The molecule has 0 radical (unpaired) electrons. The van der Waals surface area contributed by atoms with Gasteiger partial charge in [-0.15, -0.1) is 11.3 Å². The fraction of sp³-hybridized carbons (Fsp3) is 0.833. The van der Waals surface area contributed by atoms with Gasteiger partial charge in [0.2, 0.25) is 0 Å². The van der Waals surface area contributed by atoms with E-state index in [1.54, 1.807) is 0 Å². The number of rotatable bonds is 5. The predicted octanol–water partition coefficient (Wildman–Crippen LogP) is 5.20. The highest BCUT2D eigenvalue weighted by atomic mass is 32.1. The maximum Gasteiger partial charge on any atom is 0.113 e. The summed E-state index contributed by atoms with van der Waals surface area (Å²) in [6.45, 7) is 12.6. The van der Waals surface area contributed by atoms with E-state index in [2.05, 4.69) is 39.9 Å². The number of nitrogens with zero attached hydrogens (tertiary/aromatic N) is 1. The molecule has 1 heterocycles. The Kier molecular flexibility index (Phi) is 5.48. The highest BCUT2D eigenvalue weighted by Crippen LogP contribution is 2.44. The van der Waals surface area contributed by atoms with Crippen LogP contribution in [0.1, 0.15) is 81.8 Å². The summed E-state index contributed by atoms with van der Waals surface area (Å²) >= 11 is 1.93. The van der Waals surface area contributed by atoms with Gasteiger partial charge in [-0.05, 0) is 57.4 Å². The number of nitrogens with one attached hydrogen (secondary N) is 1. The second-order valence-corrected chi connectivity index (χ2v) is 8.61. The van der Waals surface area contributed by atoms with Gasteiger partial charge >= 0.3 is 0 Å². The van der Waals surface area contributed by atoms with E-state index in [-0.39, 0.29) is 5.54 Å². The van der Waals surface area contributed by atoms with E-state index in [4.69, 9.17) is 4.98 Å². The molecule has 1 aliphatic carbocycles. The van der Waals surface area contributed by atoms with Crippen molar-refractivity contribution in [2.45, 2.75) is 85.1 Å². The van der Waals surface area contributed by atoms with Gasteiger partial charge in [0.25, 0.3) is 0 Å². The minimum Gasteiger partial charge on any atom is -0.305 e. The number of hydrogen-bond donors (Lipinski definition) is 1. The lowest BCUT2D eigenvalue weighted by atomic mass is 9.83. The van der Waals surface area contributed by atoms with Crippen LogP contribution in [-0.2, 0) is 12.0 Å². The van der Waals surface area contributed by atoms with Crippen molar-refractivity contribution in [2.75, 3.05) is 6.54 Å². The molecule has 1 aromatic rings.